The van der Waals surface area contributed by atoms with E-state index in [4.69, 9.17) is 16.0 Å². The molecule has 1 fully saturated rings. The van der Waals surface area contributed by atoms with Crippen LogP contribution in [0, 0.1) is 13.8 Å². The lowest BCUT2D eigenvalue weighted by molar-refractivity contribution is 0.176. The molecule has 0 bridgehead atoms. The zero-order valence-corrected chi connectivity index (χ0v) is 22.9. The zero-order chi connectivity index (χ0) is 26.9. The van der Waals surface area contributed by atoms with Gasteiger partial charge in [0.15, 0.2) is 5.82 Å². The van der Waals surface area contributed by atoms with E-state index in [0.717, 1.165) is 53.5 Å². The molecule has 9 heteroatoms. The number of hydrogen-bond donors (Lipinski definition) is 1. The van der Waals surface area contributed by atoms with E-state index in [-0.39, 0.29) is 11.6 Å². The molecule has 1 aliphatic rings. The first-order valence-electron chi connectivity index (χ1n) is 13.4. The van der Waals surface area contributed by atoms with Crippen molar-refractivity contribution >= 4 is 22.5 Å². The largest absolute Gasteiger partial charge is 0.468 e. The molecule has 39 heavy (non-hydrogen) atoms. The van der Waals surface area contributed by atoms with Gasteiger partial charge in [0.25, 0.3) is 5.56 Å². The van der Waals surface area contributed by atoms with E-state index in [0.29, 0.717) is 29.5 Å². The van der Waals surface area contributed by atoms with Crippen LogP contribution in [0.3, 0.4) is 0 Å². The predicted molar refractivity (Wildman–Crippen MR) is 151 cm³/mol. The van der Waals surface area contributed by atoms with Crippen molar-refractivity contribution in [2.24, 2.45) is 0 Å². The summed E-state index contributed by atoms with van der Waals surface area (Å²) >= 11 is 6.19. The summed E-state index contributed by atoms with van der Waals surface area (Å²) in [4.78, 5) is 19.1. The molecule has 5 aromatic rings. The van der Waals surface area contributed by atoms with Gasteiger partial charge in [-0.15, -0.1) is 5.10 Å². The van der Waals surface area contributed by atoms with Crippen LogP contribution in [0.5, 0.6) is 0 Å². The number of rotatable bonds is 8. The third-order valence-corrected chi connectivity index (χ3v) is 8.07. The summed E-state index contributed by atoms with van der Waals surface area (Å²) in [6.45, 7) is 5.13. The molecule has 1 aliphatic carbocycles. The highest BCUT2D eigenvalue weighted by Gasteiger charge is 2.34. The summed E-state index contributed by atoms with van der Waals surface area (Å²) in [6, 6.07) is 17.4. The smallest absolute Gasteiger partial charge is 0.253 e. The van der Waals surface area contributed by atoms with Crippen molar-refractivity contribution in [3.05, 3.63) is 110 Å². The van der Waals surface area contributed by atoms with Crippen molar-refractivity contribution in [3.8, 4) is 0 Å². The fourth-order valence-electron chi connectivity index (χ4n) is 5.65. The molecule has 0 saturated heterocycles. The SMILES string of the molecule is Cc1cc2cc(C(c3nnnn3C3CCCC3)N(Cc3ccc(Cl)cc3)Cc3ccco3)c(=O)[nH]c2cc1C. The lowest BCUT2D eigenvalue weighted by Gasteiger charge is -2.31. The number of fused-ring (bicyclic) bond motifs is 1. The summed E-state index contributed by atoms with van der Waals surface area (Å²) in [5.41, 5.74) is 4.62. The summed E-state index contributed by atoms with van der Waals surface area (Å²) in [7, 11) is 0. The first-order chi connectivity index (χ1) is 19.0. The second-order valence-electron chi connectivity index (χ2n) is 10.5. The van der Waals surface area contributed by atoms with Gasteiger partial charge in [0.2, 0.25) is 0 Å². The average Bonchev–Trinajstić information content (AvgIpc) is 3.70. The number of benzene rings is 2. The van der Waals surface area contributed by atoms with E-state index in [1.54, 1.807) is 6.26 Å². The van der Waals surface area contributed by atoms with E-state index in [2.05, 4.69) is 45.3 Å². The Bertz CT molecular complexity index is 1630. The Balaban J connectivity index is 1.54. The van der Waals surface area contributed by atoms with Crippen LogP contribution in [-0.2, 0) is 13.1 Å². The highest BCUT2D eigenvalue weighted by molar-refractivity contribution is 6.30. The van der Waals surface area contributed by atoms with Crippen LogP contribution in [0.25, 0.3) is 10.9 Å². The Labute approximate surface area is 231 Å². The van der Waals surface area contributed by atoms with Crippen LogP contribution in [-0.4, -0.2) is 30.1 Å². The molecule has 3 aromatic heterocycles. The number of aromatic nitrogens is 5. The molecule has 0 aliphatic heterocycles. The molecule has 3 heterocycles. The van der Waals surface area contributed by atoms with Gasteiger partial charge in [-0.05, 0) is 102 Å². The number of H-pyrrole nitrogens is 1. The van der Waals surface area contributed by atoms with Gasteiger partial charge in [-0.2, -0.15) is 0 Å². The average molecular weight is 543 g/mol. The number of pyridine rings is 1. The van der Waals surface area contributed by atoms with Gasteiger partial charge in [-0.3, -0.25) is 9.69 Å². The molecule has 1 unspecified atom stereocenters. The van der Waals surface area contributed by atoms with Gasteiger partial charge >= 0.3 is 0 Å². The standard InChI is InChI=1S/C30H31ClN6O2/c1-19-14-22-16-26(30(38)32-27(22)15-20(19)2)28(29-33-34-35-37(29)24-6-3-4-7-24)36(18-25-8-5-13-39-25)17-21-9-11-23(31)12-10-21/h5,8-16,24,28H,3-4,6-7,17-18H2,1-2H3,(H,32,38). The second-order valence-corrected chi connectivity index (χ2v) is 10.9. The van der Waals surface area contributed by atoms with Crippen LogP contribution in [0.4, 0.5) is 0 Å². The number of nitrogens with one attached hydrogen (secondary N) is 1. The van der Waals surface area contributed by atoms with Crippen LogP contribution in [0.15, 0.2) is 70.1 Å². The Morgan fingerprint density at radius 2 is 1.85 bits per heavy atom. The predicted octanol–water partition coefficient (Wildman–Crippen LogP) is 6.28. The van der Waals surface area contributed by atoms with Crippen molar-refractivity contribution in [1.29, 1.82) is 0 Å². The molecule has 2 aromatic carbocycles. The minimum Gasteiger partial charge on any atom is -0.468 e. The van der Waals surface area contributed by atoms with Crippen molar-refractivity contribution < 1.29 is 4.42 Å². The summed E-state index contributed by atoms with van der Waals surface area (Å²) in [5, 5.41) is 14.7. The molecule has 1 atom stereocenters. The third kappa shape index (κ3) is 5.27. The number of aromatic amines is 1. The monoisotopic (exact) mass is 542 g/mol. The Morgan fingerprint density at radius 3 is 2.59 bits per heavy atom. The summed E-state index contributed by atoms with van der Waals surface area (Å²) in [5.74, 6) is 1.45. The quantitative estimate of drug-likeness (QED) is 0.248. The van der Waals surface area contributed by atoms with Gasteiger partial charge in [-0.25, -0.2) is 4.68 Å². The van der Waals surface area contributed by atoms with E-state index in [1.165, 1.54) is 5.56 Å². The highest BCUT2D eigenvalue weighted by atomic mass is 35.5. The van der Waals surface area contributed by atoms with Crippen LogP contribution < -0.4 is 5.56 Å². The summed E-state index contributed by atoms with van der Waals surface area (Å²) < 4.78 is 7.72. The molecule has 6 rings (SSSR count). The molecule has 1 N–H and O–H groups in total. The van der Waals surface area contributed by atoms with Gasteiger partial charge in [0, 0.05) is 22.6 Å². The second kappa shape index (κ2) is 10.8. The van der Waals surface area contributed by atoms with Crippen molar-refractivity contribution in [3.63, 3.8) is 0 Å². The van der Waals surface area contributed by atoms with Gasteiger partial charge in [-0.1, -0.05) is 36.6 Å². The number of nitrogens with zero attached hydrogens (tertiary/aromatic N) is 5. The van der Waals surface area contributed by atoms with E-state index in [1.807, 2.05) is 53.2 Å². The van der Waals surface area contributed by atoms with Gasteiger partial charge in [0.1, 0.15) is 11.8 Å². The topological polar surface area (TPSA) is 92.8 Å². The molecule has 0 amide bonds. The molecule has 0 radical (unpaired) electrons. The lowest BCUT2D eigenvalue weighted by Crippen LogP contribution is -2.35. The fourth-order valence-corrected chi connectivity index (χ4v) is 5.78. The van der Waals surface area contributed by atoms with Crippen LogP contribution in [0.2, 0.25) is 5.02 Å². The first kappa shape index (κ1) is 25.5. The number of hydrogen-bond acceptors (Lipinski definition) is 6. The molecular formula is C30H31ClN6O2. The van der Waals surface area contributed by atoms with E-state index >= 15 is 0 Å². The van der Waals surface area contributed by atoms with Gasteiger partial charge in [0.05, 0.1) is 18.8 Å². The van der Waals surface area contributed by atoms with Crippen molar-refractivity contribution in [2.75, 3.05) is 0 Å². The fraction of sp³-hybridized carbons (Fsp3) is 0.333. The van der Waals surface area contributed by atoms with E-state index < -0.39 is 6.04 Å². The molecule has 200 valence electrons. The molecular weight excluding hydrogens is 512 g/mol. The Hall–Kier alpha value is -3.75. The number of aryl methyl sites for hydroxylation is 2. The minimum absolute atomic E-state index is 0.155. The molecule has 0 spiro atoms. The molecule has 8 nitrogen and oxygen atoms in total. The zero-order valence-electron chi connectivity index (χ0n) is 22.1. The third-order valence-electron chi connectivity index (χ3n) is 7.82. The minimum atomic E-state index is -0.517. The Kier molecular flexibility index (Phi) is 7.06. The van der Waals surface area contributed by atoms with Crippen molar-refractivity contribution in [2.45, 2.75) is 64.7 Å². The van der Waals surface area contributed by atoms with Crippen LogP contribution in [0.1, 0.15) is 71.6 Å². The van der Waals surface area contributed by atoms with Crippen LogP contribution >= 0.6 is 11.6 Å². The number of furan rings is 1. The number of tetrazole rings is 1. The maximum absolute atomic E-state index is 13.8. The van der Waals surface area contributed by atoms with Crippen molar-refractivity contribution in [1.82, 2.24) is 30.1 Å². The lowest BCUT2D eigenvalue weighted by atomic mass is 9.99. The maximum Gasteiger partial charge on any atom is 0.253 e. The Morgan fingerprint density at radius 1 is 1.08 bits per heavy atom. The van der Waals surface area contributed by atoms with E-state index in [9.17, 15) is 4.79 Å². The summed E-state index contributed by atoms with van der Waals surface area (Å²) in [6.07, 6.45) is 6.00. The maximum atomic E-state index is 13.8. The first-order valence-corrected chi connectivity index (χ1v) is 13.8. The molecule has 1 saturated carbocycles. The number of halogens is 1. The van der Waals surface area contributed by atoms with Gasteiger partial charge < -0.3 is 9.40 Å². The normalized spacial score (nSPS) is 15.0. The highest BCUT2D eigenvalue weighted by Crippen LogP contribution is 2.35.